The maximum absolute atomic E-state index is 11.8. The molecule has 2 rings (SSSR count). The van der Waals surface area contributed by atoms with E-state index in [1.807, 2.05) is 24.5 Å². The third kappa shape index (κ3) is 5.74. The molecular formula is C17H15Cl2NO3S. The summed E-state index contributed by atoms with van der Waals surface area (Å²) in [5.41, 5.74) is 1.33. The molecule has 0 aliphatic heterocycles. The zero-order valence-electron chi connectivity index (χ0n) is 12.8. The molecule has 24 heavy (non-hydrogen) atoms. The highest BCUT2D eigenvalue weighted by molar-refractivity contribution is 7.98. The largest absolute Gasteiger partial charge is 0.455 e. The minimum atomic E-state index is -0.513. The van der Waals surface area contributed by atoms with Gasteiger partial charge in [-0.25, -0.2) is 0 Å². The number of anilines is 1. The van der Waals surface area contributed by atoms with Crippen LogP contribution in [0.3, 0.4) is 0 Å². The van der Waals surface area contributed by atoms with Crippen molar-refractivity contribution in [2.75, 3.05) is 18.2 Å². The van der Waals surface area contributed by atoms with Crippen LogP contribution in [-0.4, -0.2) is 24.7 Å². The Hall–Kier alpha value is -1.69. The average Bonchev–Trinajstić information content (AvgIpc) is 2.56. The predicted molar refractivity (Wildman–Crippen MR) is 98.0 cm³/mol. The van der Waals surface area contributed by atoms with Crippen molar-refractivity contribution in [3.05, 3.63) is 58.1 Å². The van der Waals surface area contributed by atoms with Crippen LogP contribution in [-0.2, 0) is 20.7 Å². The third-order valence-electron chi connectivity index (χ3n) is 3.05. The number of rotatable bonds is 6. The van der Waals surface area contributed by atoms with E-state index in [-0.39, 0.29) is 13.0 Å². The number of esters is 1. The number of nitrogens with one attached hydrogen (secondary N) is 1. The molecule has 126 valence electrons. The lowest BCUT2D eigenvalue weighted by atomic mass is 10.1. The van der Waals surface area contributed by atoms with Crippen molar-refractivity contribution < 1.29 is 14.3 Å². The molecule has 4 nitrogen and oxygen atoms in total. The highest BCUT2D eigenvalue weighted by Gasteiger charge is 2.10. The van der Waals surface area contributed by atoms with Crippen molar-refractivity contribution in [1.29, 1.82) is 0 Å². The maximum atomic E-state index is 11.8. The molecule has 0 unspecified atom stereocenters. The van der Waals surface area contributed by atoms with Crippen molar-refractivity contribution in [2.45, 2.75) is 11.3 Å². The highest BCUT2D eigenvalue weighted by atomic mass is 35.5. The molecule has 0 heterocycles. The molecule has 0 saturated carbocycles. The Morgan fingerprint density at radius 2 is 1.92 bits per heavy atom. The number of hydrogen-bond acceptors (Lipinski definition) is 4. The number of hydrogen-bond donors (Lipinski definition) is 1. The van der Waals surface area contributed by atoms with Gasteiger partial charge in [-0.1, -0.05) is 35.3 Å². The van der Waals surface area contributed by atoms with Crippen molar-refractivity contribution >= 4 is 52.5 Å². The van der Waals surface area contributed by atoms with Gasteiger partial charge in [-0.05, 0) is 42.2 Å². The standard InChI is InChI=1S/C17H15Cl2NO3S/c1-24-13-4-2-3-12(9-13)20-16(21)10-23-17(22)8-11-5-6-14(18)15(19)7-11/h2-7,9H,8,10H2,1H3,(H,20,21). The van der Waals surface area contributed by atoms with Crippen molar-refractivity contribution in [2.24, 2.45) is 0 Å². The molecule has 2 aromatic rings. The van der Waals surface area contributed by atoms with E-state index in [1.54, 1.807) is 36.0 Å². The fourth-order valence-corrected chi connectivity index (χ4v) is 2.69. The van der Waals surface area contributed by atoms with Gasteiger partial charge in [0.2, 0.25) is 0 Å². The monoisotopic (exact) mass is 383 g/mol. The van der Waals surface area contributed by atoms with Crippen LogP contribution >= 0.6 is 35.0 Å². The first kappa shape index (κ1) is 18.6. The highest BCUT2D eigenvalue weighted by Crippen LogP contribution is 2.23. The SMILES string of the molecule is CSc1cccc(NC(=O)COC(=O)Cc2ccc(Cl)c(Cl)c2)c1. The summed E-state index contributed by atoms with van der Waals surface area (Å²) in [6, 6.07) is 12.3. The van der Waals surface area contributed by atoms with Crippen LogP contribution in [0.4, 0.5) is 5.69 Å². The van der Waals surface area contributed by atoms with Crippen molar-refractivity contribution in [3.63, 3.8) is 0 Å². The number of halogens is 2. The molecule has 1 N–H and O–H groups in total. The fourth-order valence-electron chi connectivity index (χ4n) is 1.91. The summed E-state index contributed by atoms with van der Waals surface area (Å²) in [5.74, 6) is -0.905. The third-order valence-corrected chi connectivity index (χ3v) is 4.51. The van der Waals surface area contributed by atoms with Gasteiger partial charge in [0, 0.05) is 10.6 Å². The number of ether oxygens (including phenoxy) is 1. The van der Waals surface area contributed by atoms with Gasteiger partial charge in [0.15, 0.2) is 6.61 Å². The first-order valence-corrected chi connectivity index (χ1v) is 8.99. The molecule has 1 amide bonds. The second-order valence-electron chi connectivity index (χ2n) is 4.87. The molecule has 0 atom stereocenters. The van der Waals surface area contributed by atoms with Gasteiger partial charge >= 0.3 is 5.97 Å². The van der Waals surface area contributed by atoms with E-state index in [9.17, 15) is 9.59 Å². The van der Waals surface area contributed by atoms with Gasteiger partial charge in [-0.2, -0.15) is 0 Å². The molecular weight excluding hydrogens is 369 g/mol. The van der Waals surface area contributed by atoms with E-state index in [1.165, 1.54) is 0 Å². The maximum Gasteiger partial charge on any atom is 0.310 e. The Kier molecular flexibility index (Phi) is 6.97. The molecule has 0 aromatic heterocycles. The van der Waals surface area contributed by atoms with Gasteiger partial charge in [0.1, 0.15) is 0 Å². The first-order chi connectivity index (χ1) is 11.5. The first-order valence-electron chi connectivity index (χ1n) is 7.01. The van der Waals surface area contributed by atoms with E-state index >= 15 is 0 Å². The van der Waals surface area contributed by atoms with Crippen LogP contribution in [0.5, 0.6) is 0 Å². The number of amides is 1. The van der Waals surface area contributed by atoms with Crippen LogP contribution < -0.4 is 5.32 Å². The average molecular weight is 384 g/mol. The van der Waals surface area contributed by atoms with E-state index in [4.69, 9.17) is 27.9 Å². The molecule has 7 heteroatoms. The van der Waals surface area contributed by atoms with Crippen LogP contribution in [0.2, 0.25) is 10.0 Å². The Morgan fingerprint density at radius 3 is 2.62 bits per heavy atom. The fraction of sp³-hybridized carbons (Fsp3) is 0.176. The number of carbonyl (C=O) groups is 2. The van der Waals surface area contributed by atoms with Crippen molar-refractivity contribution in [1.82, 2.24) is 0 Å². The van der Waals surface area contributed by atoms with E-state index in [2.05, 4.69) is 5.32 Å². The zero-order chi connectivity index (χ0) is 17.5. The lowest BCUT2D eigenvalue weighted by Crippen LogP contribution is -2.21. The summed E-state index contributed by atoms with van der Waals surface area (Å²) >= 11 is 13.3. The second-order valence-corrected chi connectivity index (χ2v) is 6.56. The normalized spacial score (nSPS) is 10.3. The summed E-state index contributed by atoms with van der Waals surface area (Å²) in [5, 5.41) is 3.47. The molecule has 2 aromatic carbocycles. The van der Waals surface area contributed by atoms with Gasteiger partial charge < -0.3 is 10.1 Å². The second kappa shape index (κ2) is 8.97. The summed E-state index contributed by atoms with van der Waals surface area (Å²) in [6.45, 7) is -0.344. The summed E-state index contributed by atoms with van der Waals surface area (Å²) in [6.07, 6.45) is 1.97. The van der Waals surface area contributed by atoms with Gasteiger partial charge in [-0.15, -0.1) is 11.8 Å². The Balaban J connectivity index is 1.82. The molecule has 0 radical (unpaired) electrons. The topological polar surface area (TPSA) is 55.4 Å². The van der Waals surface area contributed by atoms with E-state index < -0.39 is 11.9 Å². The lowest BCUT2D eigenvalue weighted by molar-refractivity contribution is -0.146. The molecule has 0 spiro atoms. The quantitative estimate of drug-likeness (QED) is 0.591. The number of thioether (sulfide) groups is 1. The van der Waals surface area contributed by atoms with Gasteiger partial charge in [0.05, 0.1) is 16.5 Å². The molecule has 0 saturated heterocycles. The zero-order valence-corrected chi connectivity index (χ0v) is 15.2. The van der Waals surface area contributed by atoms with E-state index in [0.29, 0.717) is 21.3 Å². The minimum absolute atomic E-state index is 0.0200. The van der Waals surface area contributed by atoms with E-state index in [0.717, 1.165) is 4.90 Å². The van der Waals surface area contributed by atoms with Crippen LogP contribution in [0.25, 0.3) is 0 Å². The van der Waals surface area contributed by atoms with Crippen LogP contribution in [0, 0.1) is 0 Å². The molecule has 0 fully saturated rings. The Bertz CT molecular complexity index is 752. The predicted octanol–water partition coefficient (Wildman–Crippen LogP) is 4.44. The van der Waals surface area contributed by atoms with Gasteiger partial charge in [0.25, 0.3) is 5.91 Å². The molecule has 0 bridgehead atoms. The minimum Gasteiger partial charge on any atom is -0.455 e. The van der Waals surface area contributed by atoms with Crippen LogP contribution in [0.1, 0.15) is 5.56 Å². The molecule has 0 aliphatic carbocycles. The Labute approximate surface area is 154 Å². The summed E-state index contributed by atoms with van der Waals surface area (Å²) in [4.78, 5) is 24.7. The number of benzene rings is 2. The summed E-state index contributed by atoms with van der Waals surface area (Å²) < 4.78 is 4.97. The van der Waals surface area contributed by atoms with Crippen molar-refractivity contribution in [3.8, 4) is 0 Å². The smallest absolute Gasteiger partial charge is 0.310 e. The van der Waals surface area contributed by atoms with Gasteiger partial charge in [-0.3, -0.25) is 9.59 Å². The Morgan fingerprint density at radius 1 is 1.12 bits per heavy atom. The summed E-state index contributed by atoms with van der Waals surface area (Å²) in [7, 11) is 0. The molecule has 0 aliphatic rings. The number of carbonyl (C=O) groups excluding carboxylic acids is 2. The lowest BCUT2D eigenvalue weighted by Gasteiger charge is -2.08. The van der Waals surface area contributed by atoms with Crippen LogP contribution in [0.15, 0.2) is 47.4 Å².